The van der Waals surface area contributed by atoms with E-state index < -0.39 is 0 Å². The summed E-state index contributed by atoms with van der Waals surface area (Å²) in [6, 6.07) is 7.46. The fraction of sp³-hybridized carbons (Fsp3) is 0.429. The second kappa shape index (κ2) is 6.24. The van der Waals surface area contributed by atoms with Gasteiger partial charge in [-0.05, 0) is 49.8 Å². The first-order valence-electron chi connectivity index (χ1n) is 6.93. The van der Waals surface area contributed by atoms with E-state index in [0.29, 0.717) is 11.6 Å². The van der Waals surface area contributed by atoms with E-state index in [1.54, 1.807) is 6.07 Å². The van der Waals surface area contributed by atoms with Crippen molar-refractivity contribution in [2.45, 2.75) is 28.9 Å². The van der Waals surface area contributed by atoms with Crippen LogP contribution < -0.4 is 5.32 Å². The highest BCUT2D eigenvalue weighted by molar-refractivity contribution is 7.99. The quantitative estimate of drug-likeness (QED) is 0.929. The van der Waals surface area contributed by atoms with Crippen LogP contribution in [0.2, 0.25) is 0 Å². The first-order valence-corrected chi connectivity index (χ1v) is 7.74. The van der Waals surface area contributed by atoms with Gasteiger partial charge in [-0.25, -0.2) is 4.98 Å². The lowest BCUT2D eigenvalue weighted by Crippen LogP contribution is -2.27. The summed E-state index contributed by atoms with van der Waals surface area (Å²) in [5.41, 5.74) is 0.417. The normalized spacial score (nSPS) is 15.8. The number of aromatic nitrogens is 4. The predicted molar refractivity (Wildman–Crippen MR) is 78.9 cm³/mol. The molecule has 2 aromatic heterocycles. The third-order valence-electron chi connectivity index (χ3n) is 3.61. The van der Waals surface area contributed by atoms with Crippen LogP contribution in [0.1, 0.15) is 30.3 Å². The van der Waals surface area contributed by atoms with Crippen LogP contribution in [0.4, 0.5) is 0 Å². The van der Waals surface area contributed by atoms with E-state index in [1.165, 1.54) is 11.8 Å². The predicted octanol–water partition coefficient (Wildman–Crippen LogP) is 1.70. The Morgan fingerprint density at radius 1 is 1.33 bits per heavy atom. The molecule has 0 amide bonds. The Balaban J connectivity index is 1.80. The van der Waals surface area contributed by atoms with Gasteiger partial charge in [-0.3, -0.25) is 0 Å². The lowest BCUT2D eigenvalue weighted by Gasteiger charge is -2.21. The Morgan fingerprint density at radius 3 is 2.90 bits per heavy atom. The molecule has 2 aromatic rings. The van der Waals surface area contributed by atoms with Gasteiger partial charge in [0.2, 0.25) is 0 Å². The summed E-state index contributed by atoms with van der Waals surface area (Å²) in [7, 11) is 1.99. The first-order chi connectivity index (χ1) is 10.3. The Kier molecular flexibility index (Phi) is 4.18. The van der Waals surface area contributed by atoms with E-state index in [0.717, 1.165) is 41.9 Å². The molecule has 0 aliphatic carbocycles. The summed E-state index contributed by atoms with van der Waals surface area (Å²) in [4.78, 5) is 4.26. The smallest absolute Gasteiger partial charge is 0.197 e. The fourth-order valence-corrected chi connectivity index (χ4v) is 3.27. The molecule has 0 saturated carbocycles. The maximum atomic E-state index is 8.90. The van der Waals surface area contributed by atoms with Gasteiger partial charge in [0.1, 0.15) is 22.6 Å². The molecule has 0 unspecified atom stereocenters. The lowest BCUT2D eigenvalue weighted by molar-refractivity contribution is 0.434. The largest absolute Gasteiger partial charge is 0.317 e. The van der Waals surface area contributed by atoms with E-state index in [4.69, 9.17) is 5.26 Å². The molecule has 0 radical (unpaired) electrons. The lowest BCUT2D eigenvalue weighted by atomic mass is 9.97. The third-order valence-corrected chi connectivity index (χ3v) is 4.58. The molecule has 0 aromatic carbocycles. The number of hydrogen-bond donors (Lipinski definition) is 1. The molecule has 1 fully saturated rings. The van der Waals surface area contributed by atoms with Crippen molar-refractivity contribution in [2.24, 2.45) is 7.05 Å². The van der Waals surface area contributed by atoms with Crippen molar-refractivity contribution in [1.29, 1.82) is 5.26 Å². The van der Waals surface area contributed by atoms with E-state index >= 15 is 0 Å². The van der Waals surface area contributed by atoms with Gasteiger partial charge in [-0.2, -0.15) is 5.26 Å². The molecule has 3 rings (SSSR count). The van der Waals surface area contributed by atoms with Gasteiger partial charge in [0.05, 0.1) is 0 Å². The minimum absolute atomic E-state index is 0.417. The fourth-order valence-electron chi connectivity index (χ4n) is 2.48. The number of piperidine rings is 1. The van der Waals surface area contributed by atoms with Crippen LogP contribution >= 0.6 is 11.8 Å². The molecule has 1 saturated heterocycles. The number of pyridine rings is 1. The van der Waals surface area contributed by atoms with Crippen LogP contribution in [0.25, 0.3) is 0 Å². The molecule has 0 spiro atoms. The van der Waals surface area contributed by atoms with Crippen molar-refractivity contribution in [3.63, 3.8) is 0 Å². The second-order valence-corrected chi connectivity index (χ2v) is 5.99. The van der Waals surface area contributed by atoms with Gasteiger partial charge in [-0.1, -0.05) is 6.07 Å². The van der Waals surface area contributed by atoms with E-state index in [-0.39, 0.29) is 0 Å². The zero-order valence-corrected chi connectivity index (χ0v) is 12.6. The number of nitrogens with one attached hydrogen (secondary N) is 1. The topological polar surface area (TPSA) is 79.4 Å². The third kappa shape index (κ3) is 3.06. The van der Waals surface area contributed by atoms with Gasteiger partial charge in [-0.15, -0.1) is 10.2 Å². The van der Waals surface area contributed by atoms with Crippen LogP contribution in [0.5, 0.6) is 0 Å². The van der Waals surface area contributed by atoms with Crippen LogP contribution in [0.3, 0.4) is 0 Å². The van der Waals surface area contributed by atoms with Crippen molar-refractivity contribution in [3.05, 3.63) is 29.7 Å². The molecule has 6 nitrogen and oxygen atoms in total. The number of nitrogens with zero attached hydrogens (tertiary/aromatic N) is 5. The Morgan fingerprint density at radius 2 is 2.14 bits per heavy atom. The minimum atomic E-state index is 0.417. The molecule has 7 heteroatoms. The Labute approximate surface area is 127 Å². The molecule has 3 heterocycles. The Bertz CT molecular complexity index is 668. The summed E-state index contributed by atoms with van der Waals surface area (Å²) in [6.07, 6.45) is 2.19. The summed E-state index contributed by atoms with van der Waals surface area (Å²) in [5, 5.41) is 22.5. The molecule has 21 heavy (non-hydrogen) atoms. The van der Waals surface area contributed by atoms with Crippen molar-refractivity contribution in [2.75, 3.05) is 13.1 Å². The van der Waals surface area contributed by atoms with Crippen molar-refractivity contribution < 1.29 is 0 Å². The summed E-state index contributed by atoms with van der Waals surface area (Å²) >= 11 is 1.44. The highest BCUT2D eigenvalue weighted by atomic mass is 32.2. The number of hydrogen-bond acceptors (Lipinski definition) is 6. The SMILES string of the molecule is Cn1c(Sc2cccc(C#N)n2)nnc1C1CCNCC1. The van der Waals surface area contributed by atoms with Crippen LogP contribution in [-0.2, 0) is 7.05 Å². The van der Waals surface area contributed by atoms with Gasteiger partial charge in [0.25, 0.3) is 0 Å². The molecular formula is C14H16N6S. The minimum Gasteiger partial charge on any atom is -0.317 e. The first kappa shape index (κ1) is 14.0. The van der Waals surface area contributed by atoms with Crippen LogP contribution in [0.15, 0.2) is 28.4 Å². The molecule has 1 aliphatic heterocycles. The van der Waals surface area contributed by atoms with Crippen LogP contribution in [0, 0.1) is 11.3 Å². The molecule has 108 valence electrons. The van der Waals surface area contributed by atoms with E-state index in [9.17, 15) is 0 Å². The average molecular weight is 300 g/mol. The second-order valence-electron chi connectivity index (χ2n) is 5.00. The summed E-state index contributed by atoms with van der Waals surface area (Å²) < 4.78 is 2.04. The van der Waals surface area contributed by atoms with Gasteiger partial charge in [0.15, 0.2) is 5.16 Å². The maximum absolute atomic E-state index is 8.90. The van der Waals surface area contributed by atoms with Crippen LogP contribution in [-0.4, -0.2) is 32.8 Å². The number of nitriles is 1. The van der Waals surface area contributed by atoms with Gasteiger partial charge < -0.3 is 9.88 Å². The van der Waals surface area contributed by atoms with E-state index in [1.807, 2.05) is 23.7 Å². The molecule has 0 bridgehead atoms. The summed E-state index contributed by atoms with van der Waals surface area (Å²) in [5.74, 6) is 1.51. The van der Waals surface area contributed by atoms with Gasteiger partial charge >= 0.3 is 0 Å². The summed E-state index contributed by atoms with van der Waals surface area (Å²) in [6.45, 7) is 2.07. The van der Waals surface area contributed by atoms with E-state index in [2.05, 4.69) is 26.6 Å². The standard InChI is InChI=1S/C14H16N6S/c1-20-13(10-5-7-16-8-6-10)18-19-14(20)21-12-4-2-3-11(9-15)17-12/h2-4,10,16H,5-8H2,1H3. The monoisotopic (exact) mass is 300 g/mol. The maximum Gasteiger partial charge on any atom is 0.197 e. The molecular weight excluding hydrogens is 284 g/mol. The molecule has 1 N–H and O–H groups in total. The van der Waals surface area contributed by atoms with Crippen molar-refractivity contribution in [1.82, 2.24) is 25.1 Å². The van der Waals surface area contributed by atoms with Gasteiger partial charge in [0, 0.05) is 13.0 Å². The number of rotatable bonds is 3. The van der Waals surface area contributed by atoms with Crippen molar-refractivity contribution in [3.8, 4) is 6.07 Å². The van der Waals surface area contributed by atoms with Crippen molar-refractivity contribution >= 4 is 11.8 Å². The Hall–Kier alpha value is -1.91. The zero-order chi connectivity index (χ0) is 14.7. The average Bonchev–Trinajstić information content (AvgIpc) is 2.89. The highest BCUT2D eigenvalue weighted by Gasteiger charge is 2.22. The zero-order valence-electron chi connectivity index (χ0n) is 11.8. The highest BCUT2D eigenvalue weighted by Crippen LogP contribution is 2.29. The molecule has 1 aliphatic rings. The molecule has 0 atom stereocenters.